The van der Waals surface area contributed by atoms with E-state index in [9.17, 15) is 0 Å². The van der Waals surface area contributed by atoms with Crippen LogP contribution < -0.4 is 0 Å². The van der Waals surface area contributed by atoms with Crippen molar-refractivity contribution in [2.24, 2.45) is 12.0 Å². The Kier molecular flexibility index (Phi) is 2.73. The Morgan fingerprint density at radius 3 is 2.59 bits per heavy atom. The van der Waals surface area contributed by atoms with E-state index in [0.29, 0.717) is 0 Å². The van der Waals surface area contributed by atoms with Gasteiger partial charge in [0.2, 0.25) is 0 Å². The zero-order valence-corrected chi connectivity index (χ0v) is 13.2. The first-order valence-corrected chi connectivity index (χ1v) is 7.65. The molecule has 1 aliphatic heterocycles. The highest BCUT2D eigenvalue weighted by Gasteiger charge is 2.29. The largest absolute Gasteiger partial charge is 0.276 e. The van der Waals surface area contributed by atoms with Crippen molar-refractivity contribution >= 4 is 16.6 Å². The quantitative estimate of drug-likeness (QED) is 0.671. The first-order chi connectivity index (χ1) is 10.6. The van der Waals surface area contributed by atoms with Crippen molar-refractivity contribution in [1.29, 1.82) is 0 Å². The van der Waals surface area contributed by atoms with Crippen LogP contribution in [0.25, 0.3) is 10.9 Å². The molecule has 0 bridgehead atoms. The SMILES string of the molecule is Cn1nc2ccccc2c1C1=NC(C)(C)Cc2ccccc21. The number of hydrogen-bond acceptors (Lipinski definition) is 2. The molecule has 0 N–H and O–H groups in total. The number of benzene rings is 2. The van der Waals surface area contributed by atoms with Crippen molar-refractivity contribution < 1.29 is 0 Å². The van der Waals surface area contributed by atoms with Crippen LogP contribution in [0.1, 0.15) is 30.7 Å². The number of nitrogens with zero attached hydrogens (tertiary/aromatic N) is 3. The molecule has 3 aromatic rings. The molecule has 1 aliphatic rings. The Balaban J connectivity index is 2.04. The number of aliphatic imine (C=N–C) groups is 1. The van der Waals surface area contributed by atoms with Gasteiger partial charge in [0.05, 0.1) is 22.5 Å². The Hall–Kier alpha value is -2.42. The maximum atomic E-state index is 5.06. The average Bonchev–Trinajstić information content (AvgIpc) is 2.81. The fraction of sp³-hybridized carbons (Fsp3) is 0.263. The lowest BCUT2D eigenvalue weighted by atomic mass is 9.85. The summed E-state index contributed by atoms with van der Waals surface area (Å²) in [5.41, 5.74) is 5.69. The highest BCUT2D eigenvalue weighted by atomic mass is 15.3. The first-order valence-electron chi connectivity index (χ1n) is 7.65. The predicted octanol–water partition coefficient (Wildman–Crippen LogP) is 3.75. The summed E-state index contributed by atoms with van der Waals surface area (Å²) in [4.78, 5) is 5.06. The molecular formula is C19H19N3. The monoisotopic (exact) mass is 289 g/mol. The van der Waals surface area contributed by atoms with Gasteiger partial charge >= 0.3 is 0 Å². The first kappa shape index (κ1) is 13.3. The summed E-state index contributed by atoms with van der Waals surface area (Å²) >= 11 is 0. The minimum atomic E-state index is -0.0882. The normalized spacial score (nSPS) is 16.4. The van der Waals surface area contributed by atoms with Gasteiger partial charge in [-0.05, 0) is 31.9 Å². The summed E-state index contributed by atoms with van der Waals surface area (Å²) in [6.45, 7) is 4.39. The molecule has 0 unspecified atom stereocenters. The second-order valence-corrected chi connectivity index (χ2v) is 6.60. The molecule has 0 saturated heterocycles. The van der Waals surface area contributed by atoms with Crippen LogP contribution in [0.2, 0.25) is 0 Å². The van der Waals surface area contributed by atoms with Gasteiger partial charge in [-0.2, -0.15) is 5.10 Å². The molecule has 110 valence electrons. The lowest BCUT2D eigenvalue weighted by molar-refractivity contribution is 0.512. The maximum absolute atomic E-state index is 5.06. The average molecular weight is 289 g/mol. The van der Waals surface area contributed by atoms with Crippen molar-refractivity contribution in [3.8, 4) is 0 Å². The van der Waals surface area contributed by atoms with Gasteiger partial charge < -0.3 is 0 Å². The van der Waals surface area contributed by atoms with Gasteiger partial charge in [0.15, 0.2) is 0 Å². The number of fused-ring (bicyclic) bond motifs is 2. The van der Waals surface area contributed by atoms with Crippen molar-refractivity contribution in [1.82, 2.24) is 9.78 Å². The molecule has 2 heterocycles. The van der Waals surface area contributed by atoms with Gasteiger partial charge in [-0.3, -0.25) is 9.67 Å². The standard InChI is InChI=1S/C19H19N3/c1-19(2)12-13-8-4-5-9-14(13)17(20-19)18-15-10-6-7-11-16(15)21-22(18)3/h4-11H,12H2,1-3H3. The highest BCUT2D eigenvalue weighted by molar-refractivity contribution is 6.19. The molecule has 3 nitrogen and oxygen atoms in total. The van der Waals surface area contributed by atoms with Crippen LogP contribution in [-0.4, -0.2) is 21.0 Å². The Morgan fingerprint density at radius 1 is 1.00 bits per heavy atom. The van der Waals surface area contributed by atoms with Crippen molar-refractivity contribution in [2.75, 3.05) is 0 Å². The fourth-order valence-corrected chi connectivity index (χ4v) is 3.38. The van der Waals surface area contributed by atoms with Gasteiger partial charge in [-0.25, -0.2) is 0 Å². The third kappa shape index (κ3) is 1.97. The third-order valence-corrected chi connectivity index (χ3v) is 4.27. The third-order valence-electron chi connectivity index (χ3n) is 4.27. The molecule has 0 fully saturated rings. The van der Waals surface area contributed by atoms with E-state index in [1.807, 2.05) is 17.8 Å². The number of aromatic nitrogens is 2. The molecule has 2 aromatic carbocycles. The van der Waals surface area contributed by atoms with Gasteiger partial charge in [-0.1, -0.05) is 42.5 Å². The molecule has 4 rings (SSSR count). The predicted molar refractivity (Wildman–Crippen MR) is 90.6 cm³/mol. The van der Waals surface area contributed by atoms with Crippen LogP contribution >= 0.6 is 0 Å². The van der Waals surface area contributed by atoms with Gasteiger partial charge in [0, 0.05) is 18.0 Å². The number of rotatable bonds is 1. The van der Waals surface area contributed by atoms with Gasteiger partial charge in [0.1, 0.15) is 0 Å². The smallest absolute Gasteiger partial charge is 0.0944 e. The van der Waals surface area contributed by atoms with E-state index in [4.69, 9.17) is 4.99 Å². The van der Waals surface area contributed by atoms with Crippen LogP contribution in [0.15, 0.2) is 53.5 Å². The van der Waals surface area contributed by atoms with Crippen LogP contribution in [0.5, 0.6) is 0 Å². The zero-order chi connectivity index (χ0) is 15.3. The van der Waals surface area contributed by atoms with E-state index in [1.54, 1.807) is 0 Å². The molecule has 0 radical (unpaired) electrons. The summed E-state index contributed by atoms with van der Waals surface area (Å²) in [6, 6.07) is 16.9. The zero-order valence-electron chi connectivity index (χ0n) is 13.2. The Morgan fingerprint density at radius 2 is 1.73 bits per heavy atom. The summed E-state index contributed by atoms with van der Waals surface area (Å²) in [5.74, 6) is 0. The van der Waals surface area contributed by atoms with E-state index < -0.39 is 0 Å². The Labute approximate surface area is 130 Å². The minimum absolute atomic E-state index is 0.0882. The molecule has 3 heteroatoms. The number of hydrogen-bond donors (Lipinski definition) is 0. The van der Waals surface area contributed by atoms with E-state index in [1.165, 1.54) is 11.1 Å². The number of aryl methyl sites for hydroxylation is 1. The van der Waals surface area contributed by atoms with E-state index in [2.05, 4.69) is 61.4 Å². The summed E-state index contributed by atoms with van der Waals surface area (Å²) in [7, 11) is 2.00. The summed E-state index contributed by atoms with van der Waals surface area (Å²) < 4.78 is 1.96. The lowest BCUT2D eigenvalue weighted by Crippen LogP contribution is -2.30. The van der Waals surface area contributed by atoms with Crippen LogP contribution in [0.3, 0.4) is 0 Å². The molecule has 0 spiro atoms. The topological polar surface area (TPSA) is 30.2 Å². The molecule has 22 heavy (non-hydrogen) atoms. The molecule has 0 atom stereocenters. The van der Waals surface area contributed by atoms with Gasteiger partial charge in [-0.15, -0.1) is 0 Å². The second kappa shape index (κ2) is 4.54. The van der Waals surface area contributed by atoms with Crippen LogP contribution in [0.4, 0.5) is 0 Å². The van der Waals surface area contributed by atoms with Crippen LogP contribution in [-0.2, 0) is 13.5 Å². The summed E-state index contributed by atoms with van der Waals surface area (Å²) in [6.07, 6.45) is 0.975. The lowest BCUT2D eigenvalue weighted by Gasteiger charge is -2.29. The molecule has 1 aromatic heterocycles. The maximum Gasteiger partial charge on any atom is 0.0944 e. The highest BCUT2D eigenvalue weighted by Crippen LogP contribution is 2.31. The van der Waals surface area contributed by atoms with Crippen molar-refractivity contribution in [3.05, 3.63) is 65.4 Å². The molecular weight excluding hydrogens is 270 g/mol. The molecule has 0 amide bonds. The van der Waals surface area contributed by atoms with Crippen molar-refractivity contribution in [2.45, 2.75) is 25.8 Å². The van der Waals surface area contributed by atoms with E-state index in [0.717, 1.165) is 28.7 Å². The van der Waals surface area contributed by atoms with E-state index in [-0.39, 0.29) is 5.54 Å². The minimum Gasteiger partial charge on any atom is -0.276 e. The second-order valence-electron chi connectivity index (χ2n) is 6.60. The summed E-state index contributed by atoms with van der Waals surface area (Å²) in [5, 5.41) is 5.81. The Bertz CT molecular complexity index is 900. The molecule has 0 saturated carbocycles. The molecule has 0 aliphatic carbocycles. The van der Waals surface area contributed by atoms with Crippen molar-refractivity contribution in [3.63, 3.8) is 0 Å². The van der Waals surface area contributed by atoms with E-state index >= 15 is 0 Å². The van der Waals surface area contributed by atoms with Gasteiger partial charge in [0.25, 0.3) is 0 Å². The fourth-order valence-electron chi connectivity index (χ4n) is 3.38. The van der Waals surface area contributed by atoms with Crippen LogP contribution in [0, 0.1) is 0 Å².